The molecule has 3 heteroatoms. The van der Waals surface area contributed by atoms with Gasteiger partial charge in [-0.25, -0.2) is 0 Å². The number of rotatable bonds is 3. The van der Waals surface area contributed by atoms with Crippen LogP contribution in [0.5, 0.6) is 0 Å². The maximum Gasteiger partial charge on any atom is 0.0984 e. The summed E-state index contributed by atoms with van der Waals surface area (Å²) >= 11 is 0. The number of ether oxygens (including phenoxy) is 1. The van der Waals surface area contributed by atoms with Crippen LogP contribution in [-0.4, -0.2) is 23.4 Å². The van der Waals surface area contributed by atoms with E-state index in [-0.39, 0.29) is 12.2 Å². The van der Waals surface area contributed by atoms with Crippen LogP contribution in [0.3, 0.4) is 0 Å². The molecule has 1 rings (SSSR count). The molecule has 0 spiro atoms. The molecule has 0 amide bonds. The van der Waals surface area contributed by atoms with Gasteiger partial charge in [0.1, 0.15) is 0 Å². The Morgan fingerprint density at radius 2 is 2.29 bits per heavy atom. The lowest BCUT2D eigenvalue weighted by Gasteiger charge is -2.30. The lowest BCUT2D eigenvalue weighted by Crippen LogP contribution is -2.40. The van der Waals surface area contributed by atoms with Crippen molar-refractivity contribution in [2.45, 2.75) is 58.3 Å². The average molecular weight is 197 g/mol. The maximum absolute atomic E-state index is 10.0. The second-order valence-electron chi connectivity index (χ2n) is 4.39. The number of hydrogen-bond acceptors (Lipinski definition) is 3. The van der Waals surface area contributed by atoms with Gasteiger partial charge in [0.05, 0.1) is 29.8 Å². The zero-order valence-corrected chi connectivity index (χ0v) is 9.16. The second-order valence-corrected chi connectivity index (χ2v) is 4.39. The van der Waals surface area contributed by atoms with E-state index in [1.54, 1.807) is 6.92 Å². The normalized spacial score (nSPS) is 33.4. The summed E-state index contributed by atoms with van der Waals surface area (Å²) in [6.07, 6.45) is 1.89. The number of nitriles is 1. The van der Waals surface area contributed by atoms with Crippen molar-refractivity contribution in [3.05, 3.63) is 0 Å². The molecule has 1 heterocycles. The molecular weight excluding hydrogens is 178 g/mol. The van der Waals surface area contributed by atoms with Crippen LogP contribution in [0.2, 0.25) is 0 Å². The topological polar surface area (TPSA) is 53.2 Å². The van der Waals surface area contributed by atoms with Gasteiger partial charge in [-0.3, -0.25) is 0 Å². The van der Waals surface area contributed by atoms with Crippen molar-refractivity contribution in [3.63, 3.8) is 0 Å². The smallest absolute Gasteiger partial charge is 0.0984 e. The summed E-state index contributed by atoms with van der Waals surface area (Å²) in [5, 5.41) is 19.1. The van der Waals surface area contributed by atoms with E-state index in [0.29, 0.717) is 6.42 Å². The first-order valence-corrected chi connectivity index (χ1v) is 5.28. The van der Waals surface area contributed by atoms with Crippen molar-refractivity contribution < 1.29 is 9.84 Å². The third-order valence-electron chi connectivity index (χ3n) is 3.26. The summed E-state index contributed by atoms with van der Waals surface area (Å²) in [4.78, 5) is 0. The highest BCUT2D eigenvalue weighted by Gasteiger charge is 2.40. The highest BCUT2D eigenvalue weighted by atomic mass is 16.5. The molecule has 80 valence electrons. The molecule has 0 aromatic heterocycles. The summed E-state index contributed by atoms with van der Waals surface area (Å²) in [6.45, 7) is 5.72. The molecule has 4 atom stereocenters. The average Bonchev–Trinajstić information content (AvgIpc) is 2.62. The van der Waals surface area contributed by atoms with E-state index in [9.17, 15) is 5.11 Å². The SMILES string of the molecule is CCC(C)(C#N)C(O)C1CCC(C)O1. The number of aliphatic hydroxyl groups excluding tert-OH is 1. The molecular formula is C11H19NO2. The molecule has 0 bridgehead atoms. The highest BCUT2D eigenvalue weighted by molar-refractivity contribution is 5.03. The summed E-state index contributed by atoms with van der Waals surface area (Å²) in [7, 11) is 0. The standard InChI is InChI=1S/C11H19NO2/c1-4-11(3,7-12)10(13)9-6-5-8(2)14-9/h8-10,13H,4-6H2,1-3H3. The van der Waals surface area contributed by atoms with Crippen LogP contribution < -0.4 is 0 Å². The molecule has 1 N–H and O–H groups in total. The van der Waals surface area contributed by atoms with Crippen LogP contribution in [0.4, 0.5) is 0 Å². The fraction of sp³-hybridized carbons (Fsp3) is 0.909. The van der Waals surface area contributed by atoms with Crippen molar-refractivity contribution >= 4 is 0 Å². The molecule has 1 aliphatic rings. The Morgan fingerprint density at radius 1 is 1.64 bits per heavy atom. The minimum atomic E-state index is -0.672. The van der Waals surface area contributed by atoms with Crippen LogP contribution >= 0.6 is 0 Å². The van der Waals surface area contributed by atoms with E-state index in [1.807, 2.05) is 13.8 Å². The molecule has 14 heavy (non-hydrogen) atoms. The molecule has 0 saturated carbocycles. The van der Waals surface area contributed by atoms with Crippen LogP contribution in [-0.2, 0) is 4.74 Å². The van der Waals surface area contributed by atoms with Crippen LogP contribution in [0.1, 0.15) is 40.0 Å². The predicted molar refractivity (Wildman–Crippen MR) is 53.6 cm³/mol. The quantitative estimate of drug-likeness (QED) is 0.751. The first-order valence-electron chi connectivity index (χ1n) is 5.28. The largest absolute Gasteiger partial charge is 0.389 e. The van der Waals surface area contributed by atoms with Gasteiger partial charge in [0, 0.05) is 0 Å². The fourth-order valence-electron chi connectivity index (χ4n) is 1.83. The second kappa shape index (κ2) is 4.29. The van der Waals surface area contributed by atoms with Crippen LogP contribution in [0.25, 0.3) is 0 Å². The molecule has 0 aromatic rings. The Balaban J connectivity index is 2.65. The van der Waals surface area contributed by atoms with E-state index < -0.39 is 11.5 Å². The number of nitrogens with zero attached hydrogens (tertiary/aromatic N) is 1. The molecule has 1 aliphatic heterocycles. The van der Waals surface area contributed by atoms with E-state index in [1.165, 1.54) is 0 Å². The van der Waals surface area contributed by atoms with Gasteiger partial charge in [0.25, 0.3) is 0 Å². The summed E-state index contributed by atoms with van der Waals surface area (Å²) in [6, 6.07) is 2.19. The zero-order chi connectivity index (χ0) is 10.8. The van der Waals surface area contributed by atoms with Gasteiger partial charge < -0.3 is 9.84 Å². The fourth-order valence-corrected chi connectivity index (χ4v) is 1.83. The van der Waals surface area contributed by atoms with Crippen molar-refractivity contribution in [2.24, 2.45) is 5.41 Å². The van der Waals surface area contributed by atoms with Gasteiger partial charge in [-0.1, -0.05) is 6.92 Å². The van der Waals surface area contributed by atoms with E-state index in [4.69, 9.17) is 10.00 Å². The minimum absolute atomic E-state index is 0.158. The monoisotopic (exact) mass is 197 g/mol. The zero-order valence-electron chi connectivity index (χ0n) is 9.16. The number of hydrogen-bond donors (Lipinski definition) is 1. The molecule has 0 aromatic carbocycles. The maximum atomic E-state index is 10.0. The molecule has 3 nitrogen and oxygen atoms in total. The van der Waals surface area contributed by atoms with Gasteiger partial charge in [-0.05, 0) is 33.1 Å². The van der Waals surface area contributed by atoms with Gasteiger partial charge in [0.15, 0.2) is 0 Å². The van der Waals surface area contributed by atoms with Crippen molar-refractivity contribution in [3.8, 4) is 6.07 Å². The van der Waals surface area contributed by atoms with E-state index in [2.05, 4.69) is 6.07 Å². The van der Waals surface area contributed by atoms with Gasteiger partial charge in [-0.15, -0.1) is 0 Å². The third kappa shape index (κ3) is 2.08. The van der Waals surface area contributed by atoms with Gasteiger partial charge >= 0.3 is 0 Å². The summed E-state index contributed by atoms with van der Waals surface area (Å²) in [5.41, 5.74) is -0.672. The molecule has 0 aliphatic carbocycles. The highest BCUT2D eigenvalue weighted by Crippen LogP contribution is 2.33. The van der Waals surface area contributed by atoms with Gasteiger partial charge in [-0.2, -0.15) is 5.26 Å². The summed E-state index contributed by atoms with van der Waals surface area (Å²) in [5.74, 6) is 0. The van der Waals surface area contributed by atoms with E-state index in [0.717, 1.165) is 12.8 Å². The first-order chi connectivity index (χ1) is 6.53. The minimum Gasteiger partial charge on any atom is -0.389 e. The molecule has 0 radical (unpaired) electrons. The molecule has 4 unspecified atom stereocenters. The molecule has 1 saturated heterocycles. The Labute approximate surface area is 85.7 Å². The Kier molecular flexibility index (Phi) is 3.52. The predicted octanol–water partition coefficient (Wildman–Crippen LogP) is 1.85. The van der Waals surface area contributed by atoms with Crippen molar-refractivity contribution in [2.75, 3.05) is 0 Å². The Hall–Kier alpha value is -0.590. The Morgan fingerprint density at radius 3 is 2.64 bits per heavy atom. The first kappa shape index (κ1) is 11.5. The third-order valence-corrected chi connectivity index (χ3v) is 3.26. The summed E-state index contributed by atoms with van der Waals surface area (Å²) < 4.78 is 5.57. The van der Waals surface area contributed by atoms with E-state index >= 15 is 0 Å². The van der Waals surface area contributed by atoms with Crippen LogP contribution in [0.15, 0.2) is 0 Å². The number of aliphatic hydroxyl groups is 1. The lowest BCUT2D eigenvalue weighted by atomic mass is 9.80. The van der Waals surface area contributed by atoms with Crippen molar-refractivity contribution in [1.82, 2.24) is 0 Å². The van der Waals surface area contributed by atoms with Crippen LogP contribution in [0, 0.1) is 16.7 Å². The Bertz CT molecular complexity index is 236. The van der Waals surface area contributed by atoms with Crippen molar-refractivity contribution in [1.29, 1.82) is 5.26 Å². The lowest BCUT2D eigenvalue weighted by molar-refractivity contribution is -0.0684. The molecule has 1 fully saturated rings. The van der Waals surface area contributed by atoms with Gasteiger partial charge in [0.2, 0.25) is 0 Å².